The summed E-state index contributed by atoms with van der Waals surface area (Å²) in [5.41, 5.74) is 1.85. The van der Waals surface area contributed by atoms with Crippen LogP contribution in [0.4, 0.5) is 4.39 Å². The van der Waals surface area contributed by atoms with E-state index in [0.29, 0.717) is 38.6 Å². The molecule has 0 spiro atoms. The second-order valence-electron chi connectivity index (χ2n) is 6.48. The van der Waals surface area contributed by atoms with Gasteiger partial charge >= 0.3 is 0 Å². The van der Waals surface area contributed by atoms with Crippen molar-refractivity contribution in [3.8, 4) is 17.5 Å². The van der Waals surface area contributed by atoms with Gasteiger partial charge in [0.05, 0.1) is 11.6 Å². The Morgan fingerprint density at radius 2 is 1.77 bits per heavy atom. The van der Waals surface area contributed by atoms with E-state index < -0.39 is 0 Å². The topological polar surface area (TPSA) is 63.7 Å². The molecule has 4 aromatic rings. The lowest BCUT2D eigenvalue weighted by atomic mass is 10.2. The summed E-state index contributed by atoms with van der Waals surface area (Å²) in [6.07, 6.45) is 0. The van der Waals surface area contributed by atoms with Crippen LogP contribution in [0, 0.1) is 17.1 Å². The van der Waals surface area contributed by atoms with E-state index in [1.54, 1.807) is 36.4 Å². The van der Waals surface area contributed by atoms with Crippen LogP contribution in [0.3, 0.4) is 0 Å². The molecule has 3 aromatic carbocycles. The van der Waals surface area contributed by atoms with E-state index in [0.717, 1.165) is 5.69 Å². The molecule has 8 heteroatoms. The van der Waals surface area contributed by atoms with Crippen molar-refractivity contribution in [3.63, 3.8) is 0 Å². The Balaban J connectivity index is 1.59. The van der Waals surface area contributed by atoms with Crippen LogP contribution >= 0.6 is 23.4 Å². The van der Waals surface area contributed by atoms with Crippen molar-refractivity contribution >= 4 is 23.4 Å². The van der Waals surface area contributed by atoms with E-state index >= 15 is 0 Å². The van der Waals surface area contributed by atoms with Gasteiger partial charge in [0.2, 0.25) is 0 Å². The smallest absolute Gasteiger partial charge is 0.196 e. The van der Waals surface area contributed by atoms with Crippen LogP contribution in [0.1, 0.15) is 17.0 Å². The van der Waals surface area contributed by atoms with Gasteiger partial charge in [-0.05, 0) is 48.5 Å². The minimum absolute atomic E-state index is 0.175. The fraction of sp³-hybridized carbons (Fsp3) is 0.0870. The third kappa shape index (κ3) is 4.88. The maximum atomic E-state index is 14.2. The standard InChI is InChI=1S/C23H16ClFN4OS/c24-20-7-4-8-21(25)19(20)15-31-23-28-27-22(29(23)17-5-2-1-3-6-17)14-30-18-11-9-16(13-26)10-12-18/h1-12H,14-15H2. The van der Waals surface area contributed by atoms with Crippen molar-refractivity contribution in [3.05, 3.63) is 101 Å². The average Bonchev–Trinajstić information content (AvgIpc) is 3.21. The van der Waals surface area contributed by atoms with Crippen molar-refractivity contribution in [1.29, 1.82) is 5.26 Å². The molecule has 154 valence electrons. The Kier molecular flexibility index (Phi) is 6.51. The van der Waals surface area contributed by atoms with Crippen LogP contribution < -0.4 is 4.74 Å². The van der Waals surface area contributed by atoms with Gasteiger partial charge in [-0.15, -0.1) is 10.2 Å². The molecule has 0 fully saturated rings. The number of ether oxygens (including phenoxy) is 1. The van der Waals surface area contributed by atoms with Crippen molar-refractivity contribution in [2.75, 3.05) is 0 Å². The molecule has 0 atom stereocenters. The second-order valence-corrected chi connectivity index (χ2v) is 7.83. The SMILES string of the molecule is N#Cc1ccc(OCc2nnc(SCc3c(F)cccc3Cl)n2-c2ccccc2)cc1. The molecule has 4 rings (SSSR count). The number of aromatic nitrogens is 3. The van der Waals surface area contributed by atoms with E-state index in [4.69, 9.17) is 21.6 Å². The molecular weight excluding hydrogens is 435 g/mol. The highest BCUT2D eigenvalue weighted by Gasteiger charge is 2.17. The first-order valence-corrected chi connectivity index (χ1v) is 10.7. The van der Waals surface area contributed by atoms with Crippen LogP contribution in [0.25, 0.3) is 5.69 Å². The zero-order chi connectivity index (χ0) is 21.6. The number of thioether (sulfide) groups is 1. The summed E-state index contributed by atoms with van der Waals surface area (Å²) in [5, 5.41) is 18.5. The van der Waals surface area contributed by atoms with Gasteiger partial charge < -0.3 is 4.74 Å². The van der Waals surface area contributed by atoms with E-state index in [9.17, 15) is 4.39 Å². The monoisotopic (exact) mass is 450 g/mol. The Morgan fingerprint density at radius 3 is 2.48 bits per heavy atom. The van der Waals surface area contributed by atoms with Crippen LogP contribution in [0.2, 0.25) is 5.02 Å². The highest BCUT2D eigenvalue weighted by molar-refractivity contribution is 7.98. The van der Waals surface area contributed by atoms with E-state index in [-0.39, 0.29) is 12.4 Å². The van der Waals surface area contributed by atoms with Gasteiger partial charge in [-0.3, -0.25) is 4.57 Å². The van der Waals surface area contributed by atoms with Gasteiger partial charge in [0, 0.05) is 22.0 Å². The number of nitriles is 1. The Labute approximate surface area is 188 Å². The third-order valence-corrected chi connectivity index (χ3v) is 5.78. The molecule has 0 saturated carbocycles. The molecule has 0 aliphatic rings. The minimum atomic E-state index is -0.352. The summed E-state index contributed by atoms with van der Waals surface area (Å²) < 4.78 is 21.9. The molecule has 0 aliphatic carbocycles. The molecule has 0 bridgehead atoms. The number of hydrogen-bond acceptors (Lipinski definition) is 5. The summed E-state index contributed by atoms with van der Waals surface area (Å²) in [5.74, 6) is 1.18. The summed E-state index contributed by atoms with van der Waals surface area (Å²) >= 11 is 7.50. The lowest BCUT2D eigenvalue weighted by Crippen LogP contribution is -2.06. The van der Waals surface area contributed by atoms with Crippen LogP contribution in [-0.2, 0) is 12.4 Å². The van der Waals surface area contributed by atoms with Gasteiger partial charge in [0.1, 0.15) is 18.2 Å². The van der Waals surface area contributed by atoms with E-state index in [1.807, 2.05) is 34.9 Å². The Hall–Kier alpha value is -3.34. The van der Waals surface area contributed by atoms with Gasteiger partial charge in [0.15, 0.2) is 11.0 Å². The number of nitrogens with zero attached hydrogens (tertiary/aromatic N) is 4. The van der Waals surface area contributed by atoms with Gasteiger partial charge in [-0.2, -0.15) is 5.26 Å². The molecule has 0 N–H and O–H groups in total. The van der Waals surface area contributed by atoms with Crippen LogP contribution in [0.5, 0.6) is 5.75 Å². The highest BCUT2D eigenvalue weighted by Crippen LogP contribution is 2.30. The molecule has 0 unspecified atom stereocenters. The first-order chi connectivity index (χ1) is 15.2. The quantitative estimate of drug-likeness (QED) is 0.333. The molecule has 0 amide bonds. The summed E-state index contributed by atoms with van der Waals surface area (Å²) in [6.45, 7) is 0.175. The fourth-order valence-corrected chi connectivity index (χ4v) is 4.22. The summed E-state index contributed by atoms with van der Waals surface area (Å²) in [4.78, 5) is 0. The van der Waals surface area contributed by atoms with Crippen LogP contribution in [0.15, 0.2) is 78.0 Å². The third-order valence-electron chi connectivity index (χ3n) is 4.47. The first-order valence-electron chi connectivity index (χ1n) is 9.34. The zero-order valence-electron chi connectivity index (χ0n) is 16.2. The lowest BCUT2D eigenvalue weighted by Gasteiger charge is -2.11. The number of halogens is 2. The van der Waals surface area contributed by atoms with Crippen molar-refractivity contribution in [2.45, 2.75) is 17.5 Å². The fourth-order valence-electron chi connectivity index (χ4n) is 2.90. The zero-order valence-corrected chi connectivity index (χ0v) is 17.8. The molecule has 5 nitrogen and oxygen atoms in total. The van der Waals surface area contributed by atoms with Crippen molar-refractivity contribution < 1.29 is 9.13 Å². The largest absolute Gasteiger partial charge is 0.486 e. The lowest BCUT2D eigenvalue weighted by molar-refractivity contribution is 0.293. The summed E-state index contributed by atoms with van der Waals surface area (Å²) in [7, 11) is 0. The average molecular weight is 451 g/mol. The van der Waals surface area contributed by atoms with E-state index in [1.165, 1.54) is 17.8 Å². The van der Waals surface area contributed by atoms with Crippen molar-refractivity contribution in [1.82, 2.24) is 14.8 Å². The van der Waals surface area contributed by atoms with Gasteiger partial charge in [0.25, 0.3) is 0 Å². The van der Waals surface area contributed by atoms with Crippen molar-refractivity contribution in [2.24, 2.45) is 0 Å². The molecule has 0 saturated heterocycles. The summed E-state index contributed by atoms with van der Waals surface area (Å²) in [6, 6.07) is 23.2. The second kappa shape index (κ2) is 9.65. The Morgan fingerprint density at radius 1 is 1.00 bits per heavy atom. The van der Waals surface area contributed by atoms with Gasteiger partial charge in [-0.1, -0.05) is 47.6 Å². The minimum Gasteiger partial charge on any atom is -0.486 e. The molecule has 31 heavy (non-hydrogen) atoms. The number of rotatable bonds is 7. The van der Waals surface area contributed by atoms with E-state index in [2.05, 4.69) is 16.3 Å². The maximum Gasteiger partial charge on any atom is 0.196 e. The molecule has 0 radical (unpaired) electrons. The molecule has 0 aliphatic heterocycles. The predicted molar refractivity (Wildman–Crippen MR) is 118 cm³/mol. The molecular formula is C23H16ClFN4OS. The number of hydrogen-bond donors (Lipinski definition) is 0. The highest BCUT2D eigenvalue weighted by atomic mass is 35.5. The first kappa shape index (κ1) is 20.9. The number of benzene rings is 3. The Bertz CT molecular complexity index is 1200. The molecule has 1 heterocycles. The molecule has 1 aromatic heterocycles. The predicted octanol–water partition coefficient (Wildman–Crippen LogP) is 5.80. The normalized spacial score (nSPS) is 10.6. The maximum absolute atomic E-state index is 14.2. The van der Waals surface area contributed by atoms with Gasteiger partial charge in [-0.25, -0.2) is 4.39 Å². The van der Waals surface area contributed by atoms with Crippen LogP contribution in [-0.4, -0.2) is 14.8 Å². The number of para-hydroxylation sites is 1.